The van der Waals surface area contributed by atoms with E-state index in [4.69, 9.17) is 4.42 Å². The molecule has 0 radical (unpaired) electrons. The number of amides is 2. The van der Waals surface area contributed by atoms with E-state index in [1.54, 1.807) is 18.2 Å². The summed E-state index contributed by atoms with van der Waals surface area (Å²) in [6.07, 6.45) is 4.34. The van der Waals surface area contributed by atoms with E-state index < -0.39 is 0 Å². The minimum Gasteiger partial charge on any atom is -0.472 e. The number of hydrogen-bond acceptors (Lipinski definition) is 3. The van der Waals surface area contributed by atoms with E-state index in [-0.39, 0.29) is 17.9 Å². The van der Waals surface area contributed by atoms with Crippen molar-refractivity contribution >= 4 is 23.2 Å². The lowest BCUT2D eigenvalue weighted by Crippen LogP contribution is -2.30. The molecule has 1 fully saturated rings. The van der Waals surface area contributed by atoms with Gasteiger partial charge in [0.15, 0.2) is 0 Å². The second kappa shape index (κ2) is 5.44. The lowest BCUT2D eigenvalue weighted by atomic mass is 10.2. The van der Waals surface area contributed by atoms with Gasteiger partial charge in [0.05, 0.1) is 11.8 Å². The van der Waals surface area contributed by atoms with Crippen LogP contribution in [0.5, 0.6) is 0 Å². The Kier molecular flexibility index (Phi) is 3.48. The highest BCUT2D eigenvalue weighted by Crippen LogP contribution is 2.27. The number of anilines is 2. The third-order valence-electron chi connectivity index (χ3n) is 3.67. The Balaban J connectivity index is 1.72. The van der Waals surface area contributed by atoms with Crippen LogP contribution < -0.4 is 10.2 Å². The fourth-order valence-corrected chi connectivity index (χ4v) is 2.53. The molecule has 21 heavy (non-hydrogen) atoms. The van der Waals surface area contributed by atoms with Crippen LogP contribution in [0.4, 0.5) is 11.4 Å². The minimum atomic E-state index is -0.220. The van der Waals surface area contributed by atoms with Gasteiger partial charge in [-0.1, -0.05) is 0 Å². The molecule has 1 saturated heterocycles. The van der Waals surface area contributed by atoms with E-state index in [0.717, 1.165) is 12.1 Å². The molecule has 0 saturated carbocycles. The van der Waals surface area contributed by atoms with Gasteiger partial charge in [-0.25, -0.2) is 0 Å². The molecule has 1 N–H and O–H groups in total. The molecule has 0 aliphatic carbocycles. The molecule has 1 atom stereocenters. The summed E-state index contributed by atoms with van der Waals surface area (Å²) in [7, 11) is 0. The lowest BCUT2D eigenvalue weighted by molar-refractivity contribution is -0.117. The summed E-state index contributed by atoms with van der Waals surface area (Å²) >= 11 is 0. The summed E-state index contributed by atoms with van der Waals surface area (Å²) < 4.78 is 4.88. The normalized spacial score (nSPS) is 18.0. The van der Waals surface area contributed by atoms with Crippen LogP contribution in [0.1, 0.15) is 30.1 Å². The Labute approximate surface area is 122 Å². The van der Waals surface area contributed by atoms with Crippen molar-refractivity contribution in [2.75, 3.05) is 10.2 Å². The Morgan fingerprint density at radius 1 is 1.29 bits per heavy atom. The number of nitrogens with one attached hydrogen (secondary N) is 1. The van der Waals surface area contributed by atoms with Gasteiger partial charge < -0.3 is 14.6 Å². The van der Waals surface area contributed by atoms with E-state index in [0.29, 0.717) is 17.7 Å². The van der Waals surface area contributed by atoms with Crippen LogP contribution in [0.25, 0.3) is 0 Å². The Morgan fingerprint density at radius 2 is 2.05 bits per heavy atom. The number of carbonyl (C=O) groups is 2. The summed E-state index contributed by atoms with van der Waals surface area (Å²) in [5.74, 6) is -0.0696. The highest BCUT2D eigenvalue weighted by Gasteiger charge is 2.28. The Morgan fingerprint density at radius 3 is 2.62 bits per heavy atom. The van der Waals surface area contributed by atoms with Crippen LogP contribution in [-0.2, 0) is 4.79 Å². The van der Waals surface area contributed by atoms with Crippen molar-refractivity contribution in [1.29, 1.82) is 0 Å². The number of furan rings is 1. The molecule has 5 heteroatoms. The molecule has 1 unspecified atom stereocenters. The van der Waals surface area contributed by atoms with Gasteiger partial charge in [-0.2, -0.15) is 0 Å². The second-order valence-corrected chi connectivity index (χ2v) is 5.16. The molecular formula is C16H16N2O3. The predicted octanol–water partition coefficient (Wildman–Crippen LogP) is 3.05. The first-order chi connectivity index (χ1) is 10.1. The molecule has 1 aromatic heterocycles. The summed E-state index contributed by atoms with van der Waals surface area (Å²) in [6.45, 7) is 2.04. The standard InChI is InChI=1S/C16H16N2O3/c1-11-2-7-15(19)18(11)14-5-3-13(4-6-14)17-16(20)12-8-9-21-10-12/h3-6,8-11H,2,7H2,1H3,(H,17,20). The van der Waals surface area contributed by atoms with Crippen LogP contribution in [0.3, 0.4) is 0 Å². The van der Waals surface area contributed by atoms with Gasteiger partial charge in [-0.05, 0) is 43.7 Å². The molecule has 1 aliphatic rings. The maximum absolute atomic E-state index is 11.9. The summed E-state index contributed by atoms with van der Waals surface area (Å²) in [5.41, 5.74) is 2.03. The number of nitrogens with zero attached hydrogens (tertiary/aromatic N) is 1. The number of rotatable bonds is 3. The number of carbonyl (C=O) groups excluding carboxylic acids is 2. The highest BCUT2D eigenvalue weighted by atomic mass is 16.3. The molecule has 1 aromatic carbocycles. The van der Waals surface area contributed by atoms with Gasteiger partial charge in [0, 0.05) is 23.8 Å². The Hall–Kier alpha value is -2.56. The summed E-state index contributed by atoms with van der Waals surface area (Å²) in [4.78, 5) is 25.5. The first kappa shape index (κ1) is 13.4. The smallest absolute Gasteiger partial charge is 0.258 e. The van der Waals surface area contributed by atoms with Crippen LogP contribution in [-0.4, -0.2) is 17.9 Å². The molecule has 1 aliphatic heterocycles. The number of hydrogen-bond donors (Lipinski definition) is 1. The zero-order valence-electron chi connectivity index (χ0n) is 11.7. The fourth-order valence-electron chi connectivity index (χ4n) is 2.53. The van der Waals surface area contributed by atoms with E-state index in [1.807, 2.05) is 24.0 Å². The quantitative estimate of drug-likeness (QED) is 0.942. The largest absolute Gasteiger partial charge is 0.472 e. The molecule has 2 amide bonds. The average Bonchev–Trinajstić information content (AvgIpc) is 3.11. The molecule has 0 spiro atoms. The van der Waals surface area contributed by atoms with Gasteiger partial charge in [0.1, 0.15) is 6.26 Å². The van der Waals surface area contributed by atoms with Crippen molar-refractivity contribution in [3.05, 3.63) is 48.4 Å². The topological polar surface area (TPSA) is 62.6 Å². The van der Waals surface area contributed by atoms with E-state index in [1.165, 1.54) is 12.5 Å². The Bertz CT molecular complexity index is 647. The third kappa shape index (κ3) is 2.67. The van der Waals surface area contributed by atoms with E-state index in [9.17, 15) is 9.59 Å². The second-order valence-electron chi connectivity index (χ2n) is 5.16. The van der Waals surface area contributed by atoms with Crippen molar-refractivity contribution in [3.63, 3.8) is 0 Å². The lowest BCUT2D eigenvalue weighted by Gasteiger charge is -2.21. The summed E-state index contributed by atoms with van der Waals surface area (Å²) in [5, 5.41) is 2.78. The molecule has 5 nitrogen and oxygen atoms in total. The van der Waals surface area contributed by atoms with Crippen molar-refractivity contribution in [2.24, 2.45) is 0 Å². The van der Waals surface area contributed by atoms with Crippen molar-refractivity contribution in [1.82, 2.24) is 0 Å². The predicted molar refractivity (Wildman–Crippen MR) is 79.3 cm³/mol. The monoisotopic (exact) mass is 284 g/mol. The zero-order chi connectivity index (χ0) is 14.8. The summed E-state index contributed by atoms with van der Waals surface area (Å²) in [6, 6.07) is 9.13. The molecule has 0 bridgehead atoms. The van der Waals surface area contributed by atoms with Gasteiger partial charge in [0.25, 0.3) is 5.91 Å². The first-order valence-corrected chi connectivity index (χ1v) is 6.91. The first-order valence-electron chi connectivity index (χ1n) is 6.91. The van der Waals surface area contributed by atoms with E-state index in [2.05, 4.69) is 5.32 Å². The van der Waals surface area contributed by atoms with E-state index >= 15 is 0 Å². The average molecular weight is 284 g/mol. The van der Waals surface area contributed by atoms with Crippen molar-refractivity contribution in [3.8, 4) is 0 Å². The van der Waals surface area contributed by atoms with Gasteiger partial charge in [-0.15, -0.1) is 0 Å². The maximum atomic E-state index is 11.9. The molecule has 108 valence electrons. The highest BCUT2D eigenvalue weighted by molar-refractivity contribution is 6.04. The minimum absolute atomic E-state index is 0.151. The maximum Gasteiger partial charge on any atom is 0.258 e. The van der Waals surface area contributed by atoms with Crippen LogP contribution in [0.15, 0.2) is 47.3 Å². The van der Waals surface area contributed by atoms with Gasteiger partial charge >= 0.3 is 0 Å². The number of benzene rings is 1. The van der Waals surface area contributed by atoms with Gasteiger partial charge in [-0.3, -0.25) is 9.59 Å². The van der Waals surface area contributed by atoms with Crippen LogP contribution >= 0.6 is 0 Å². The molecule has 3 rings (SSSR count). The van der Waals surface area contributed by atoms with Crippen molar-refractivity contribution < 1.29 is 14.0 Å². The zero-order valence-corrected chi connectivity index (χ0v) is 11.7. The van der Waals surface area contributed by atoms with Crippen molar-refractivity contribution in [2.45, 2.75) is 25.8 Å². The fraction of sp³-hybridized carbons (Fsp3) is 0.250. The van der Waals surface area contributed by atoms with Gasteiger partial charge in [0.2, 0.25) is 5.91 Å². The molecule has 2 aromatic rings. The molecular weight excluding hydrogens is 268 g/mol. The molecule has 2 heterocycles. The van der Waals surface area contributed by atoms with Crippen LogP contribution in [0, 0.1) is 0 Å². The van der Waals surface area contributed by atoms with Crippen LogP contribution in [0.2, 0.25) is 0 Å². The third-order valence-corrected chi connectivity index (χ3v) is 3.67. The SMILES string of the molecule is CC1CCC(=O)N1c1ccc(NC(=O)c2ccoc2)cc1.